The third-order valence-electron chi connectivity index (χ3n) is 2.84. The van der Waals surface area contributed by atoms with Gasteiger partial charge in [-0.2, -0.15) is 5.26 Å². The number of carbonyl (C=O) groups is 1. The molecule has 6 heteroatoms. The highest BCUT2D eigenvalue weighted by Crippen LogP contribution is 2.35. The number of nitrogens with two attached hydrogens (primary N) is 1. The van der Waals surface area contributed by atoms with E-state index in [1.54, 1.807) is 6.92 Å². The summed E-state index contributed by atoms with van der Waals surface area (Å²) in [4.78, 5) is 12.3. The number of nitriles is 1. The van der Waals surface area contributed by atoms with Crippen LogP contribution in [0, 0.1) is 11.3 Å². The van der Waals surface area contributed by atoms with Gasteiger partial charge >= 0.3 is 5.97 Å². The summed E-state index contributed by atoms with van der Waals surface area (Å²) in [6, 6.07) is 2.01. The first-order valence-corrected chi connectivity index (χ1v) is 7.70. The lowest BCUT2D eigenvalue weighted by Crippen LogP contribution is -2.10. The Bertz CT molecular complexity index is 491. The molecule has 1 aromatic rings. The van der Waals surface area contributed by atoms with Crippen LogP contribution < -0.4 is 11.1 Å². The Morgan fingerprint density at radius 3 is 2.75 bits per heavy atom. The molecule has 0 unspecified atom stereocenters. The van der Waals surface area contributed by atoms with Gasteiger partial charge in [0.05, 0.1) is 12.3 Å². The largest absolute Gasteiger partial charge is 0.462 e. The molecule has 3 N–H and O–H groups in total. The maximum absolute atomic E-state index is 11.9. The first kappa shape index (κ1) is 16.3. The molecule has 0 spiro atoms. The SMILES string of the molecule is CCCCCCNc1sc(C#N)c(N)c1C(=O)OCC. The molecule has 110 valence electrons. The van der Waals surface area contributed by atoms with Crippen molar-refractivity contribution in [1.29, 1.82) is 5.26 Å². The Labute approximate surface area is 123 Å². The van der Waals surface area contributed by atoms with E-state index >= 15 is 0 Å². The highest BCUT2D eigenvalue weighted by Gasteiger charge is 2.22. The van der Waals surface area contributed by atoms with Gasteiger partial charge in [0.15, 0.2) is 0 Å². The Hall–Kier alpha value is -1.74. The average Bonchev–Trinajstić information content (AvgIpc) is 2.75. The summed E-state index contributed by atoms with van der Waals surface area (Å²) in [6.07, 6.45) is 4.54. The first-order valence-electron chi connectivity index (χ1n) is 6.89. The Morgan fingerprint density at radius 1 is 1.40 bits per heavy atom. The molecule has 0 saturated heterocycles. The molecular weight excluding hydrogens is 274 g/mol. The van der Waals surface area contributed by atoms with Gasteiger partial charge in [0, 0.05) is 6.54 Å². The Morgan fingerprint density at radius 2 is 2.15 bits per heavy atom. The molecule has 0 aliphatic heterocycles. The Balaban J connectivity index is 2.78. The molecule has 1 rings (SSSR count). The first-order chi connectivity index (χ1) is 9.65. The fourth-order valence-corrected chi connectivity index (χ4v) is 2.74. The van der Waals surface area contributed by atoms with E-state index < -0.39 is 5.97 Å². The third kappa shape index (κ3) is 4.14. The van der Waals surface area contributed by atoms with Crippen LogP contribution in [-0.4, -0.2) is 19.1 Å². The van der Waals surface area contributed by atoms with Crippen molar-refractivity contribution in [3.63, 3.8) is 0 Å². The zero-order valence-corrected chi connectivity index (χ0v) is 12.8. The lowest BCUT2D eigenvalue weighted by Gasteiger charge is -2.07. The fourth-order valence-electron chi connectivity index (χ4n) is 1.81. The van der Waals surface area contributed by atoms with Crippen LogP contribution in [0.15, 0.2) is 0 Å². The number of hydrogen-bond donors (Lipinski definition) is 2. The van der Waals surface area contributed by atoms with Gasteiger partial charge in [-0.3, -0.25) is 0 Å². The van der Waals surface area contributed by atoms with E-state index in [0.717, 1.165) is 19.4 Å². The van der Waals surface area contributed by atoms with Gasteiger partial charge in [-0.05, 0) is 13.3 Å². The van der Waals surface area contributed by atoms with Gasteiger partial charge in [-0.25, -0.2) is 4.79 Å². The van der Waals surface area contributed by atoms with Crippen molar-refractivity contribution >= 4 is 28.0 Å². The van der Waals surface area contributed by atoms with Crippen molar-refractivity contribution in [1.82, 2.24) is 0 Å². The topological polar surface area (TPSA) is 88.1 Å². The number of esters is 1. The number of carbonyl (C=O) groups excluding carboxylic acids is 1. The van der Waals surface area contributed by atoms with Crippen LogP contribution in [0.25, 0.3) is 0 Å². The normalized spacial score (nSPS) is 10.1. The second kappa shape index (κ2) is 8.43. The summed E-state index contributed by atoms with van der Waals surface area (Å²) in [5, 5.41) is 12.8. The number of thiophene rings is 1. The molecule has 0 aliphatic rings. The molecular formula is C14H21N3O2S. The van der Waals surface area contributed by atoms with Gasteiger partial charge in [-0.15, -0.1) is 11.3 Å². The quantitative estimate of drug-likeness (QED) is 0.567. The molecule has 5 nitrogen and oxygen atoms in total. The van der Waals surface area contributed by atoms with Crippen molar-refractivity contribution < 1.29 is 9.53 Å². The van der Waals surface area contributed by atoms with Crippen LogP contribution in [0.1, 0.15) is 54.8 Å². The maximum Gasteiger partial charge on any atom is 0.343 e. The molecule has 0 bridgehead atoms. The number of anilines is 2. The van der Waals surface area contributed by atoms with Gasteiger partial charge in [-0.1, -0.05) is 26.2 Å². The summed E-state index contributed by atoms with van der Waals surface area (Å²) in [6.45, 7) is 4.94. The highest BCUT2D eigenvalue weighted by molar-refractivity contribution is 7.17. The zero-order valence-electron chi connectivity index (χ0n) is 12.0. The minimum atomic E-state index is -0.473. The second-order valence-electron chi connectivity index (χ2n) is 4.37. The summed E-state index contributed by atoms with van der Waals surface area (Å²) in [5.74, 6) is -0.473. The van der Waals surface area contributed by atoms with Gasteiger partial charge in [0.2, 0.25) is 0 Å². The van der Waals surface area contributed by atoms with E-state index in [2.05, 4.69) is 12.2 Å². The van der Waals surface area contributed by atoms with Crippen LogP contribution in [-0.2, 0) is 4.74 Å². The van der Waals surface area contributed by atoms with E-state index in [1.165, 1.54) is 24.2 Å². The fraction of sp³-hybridized carbons (Fsp3) is 0.571. The van der Waals surface area contributed by atoms with E-state index in [0.29, 0.717) is 15.4 Å². The van der Waals surface area contributed by atoms with Crippen molar-refractivity contribution in [3.05, 3.63) is 10.4 Å². The van der Waals surface area contributed by atoms with Gasteiger partial charge in [0.25, 0.3) is 0 Å². The monoisotopic (exact) mass is 295 g/mol. The average molecular weight is 295 g/mol. The van der Waals surface area contributed by atoms with E-state index in [9.17, 15) is 4.79 Å². The summed E-state index contributed by atoms with van der Waals surface area (Å²) in [5.41, 5.74) is 6.35. The number of hydrogen-bond acceptors (Lipinski definition) is 6. The summed E-state index contributed by atoms with van der Waals surface area (Å²) < 4.78 is 4.99. The molecule has 20 heavy (non-hydrogen) atoms. The maximum atomic E-state index is 11.9. The van der Waals surface area contributed by atoms with E-state index in [1.807, 2.05) is 6.07 Å². The number of nitrogen functional groups attached to an aromatic ring is 1. The lowest BCUT2D eigenvalue weighted by molar-refractivity contribution is 0.0529. The van der Waals surface area contributed by atoms with Crippen LogP contribution >= 0.6 is 11.3 Å². The van der Waals surface area contributed by atoms with E-state index in [4.69, 9.17) is 15.7 Å². The number of rotatable bonds is 8. The predicted octanol–water partition coefficient (Wildman–Crippen LogP) is 3.37. The van der Waals surface area contributed by atoms with Crippen LogP contribution in [0.3, 0.4) is 0 Å². The highest BCUT2D eigenvalue weighted by atomic mass is 32.1. The van der Waals surface area contributed by atoms with Crippen LogP contribution in [0.5, 0.6) is 0 Å². The zero-order chi connectivity index (χ0) is 15.0. The minimum absolute atomic E-state index is 0.215. The second-order valence-corrected chi connectivity index (χ2v) is 5.39. The molecule has 0 fully saturated rings. The van der Waals surface area contributed by atoms with Gasteiger partial charge < -0.3 is 15.8 Å². The van der Waals surface area contributed by atoms with Gasteiger partial charge in [0.1, 0.15) is 21.5 Å². The molecule has 1 heterocycles. The molecule has 0 saturated carbocycles. The lowest BCUT2D eigenvalue weighted by atomic mass is 10.2. The Kier molecular flexibility index (Phi) is 6.88. The molecule has 0 aliphatic carbocycles. The summed E-state index contributed by atoms with van der Waals surface area (Å²) in [7, 11) is 0. The van der Waals surface area contributed by atoms with Crippen molar-refractivity contribution in [3.8, 4) is 6.07 Å². The third-order valence-corrected chi connectivity index (χ3v) is 3.91. The van der Waals surface area contributed by atoms with Crippen molar-refractivity contribution in [2.45, 2.75) is 39.5 Å². The molecule has 0 amide bonds. The van der Waals surface area contributed by atoms with Crippen LogP contribution in [0.2, 0.25) is 0 Å². The number of nitrogens with zero attached hydrogens (tertiary/aromatic N) is 1. The molecule has 0 aromatic carbocycles. The van der Waals surface area contributed by atoms with Crippen molar-refractivity contribution in [2.24, 2.45) is 0 Å². The summed E-state index contributed by atoms with van der Waals surface area (Å²) >= 11 is 1.21. The smallest absolute Gasteiger partial charge is 0.343 e. The van der Waals surface area contributed by atoms with Crippen molar-refractivity contribution in [2.75, 3.05) is 24.2 Å². The molecule has 0 atom stereocenters. The molecule has 0 radical (unpaired) electrons. The molecule has 1 aromatic heterocycles. The number of ether oxygens (including phenoxy) is 1. The van der Waals surface area contributed by atoms with E-state index in [-0.39, 0.29) is 12.3 Å². The minimum Gasteiger partial charge on any atom is -0.462 e. The number of unbranched alkanes of at least 4 members (excludes halogenated alkanes) is 3. The predicted molar refractivity (Wildman–Crippen MR) is 82.0 cm³/mol. The number of nitrogens with one attached hydrogen (secondary N) is 1. The van der Waals surface area contributed by atoms with Crippen LogP contribution in [0.4, 0.5) is 10.7 Å². The standard InChI is InChI=1S/C14H21N3O2S/c1-3-5-6-7-8-17-13-11(14(18)19-4-2)12(16)10(9-15)20-13/h17H,3-8,16H2,1-2H3.